The highest BCUT2D eigenvalue weighted by atomic mass is 19.4. The van der Waals surface area contributed by atoms with E-state index >= 15 is 0 Å². The third-order valence-electron chi connectivity index (χ3n) is 4.93. The van der Waals surface area contributed by atoms with E-state index in [0.29, 0.717) is 6.42 Å². The number of aromatic hydroxyl groups is 1. The second-order valence-corrected chi connectivity index (χ2v) is 8.16. The molecular formula is C21H22F3N3O3. The smallest absolute Gasteiger partial charge is 0.416 e. The predicted octanol–water partition coefficient (Wildman–Crippen LogP) is 4.52. The summed E-state index contributed by atoms with van der Waals surface area (Å²) in [4.78, 5) is 13.3. The van der Waals surface area contributed by atoms with E-state index < -0.39 is 17.7 Å². The lowest BCUT2D eigenvalue weighted by atomic mass is 9.77. The number of carbonyl (C=O) groups excluding carboxylic acids is 1. The van der Waals surface area contributed by atoms with Crippen molar-refractivity contribution in [3.8, 4) is 11.4 Å². The minimum Gasteiger partial charge on any atom is -0.506 e. The van der Waals surface area contributed by atoms with Crippen molar-refractivity contribution in [2.45, 2.75) is 33.4 Å². The third-order valence-corrected chi connectivity index (χ3v) is 4.93. The maximum Gasteiger partial charge on any atom is 0.416 e. The minimum atomic E-state index is -4.49. The number of hydrogen-bond acceptors (Lipinski definition) is 5. The van der Waals surface area contributed by atoms with E-state index in [-0.39, 0.29) is 33.9 Å². The molecule has 0 aliphatic rings. The number of alkyl halides is 3. The summed E-state index contributed by atoms with van der Waals surface area (Å²) in [5.74, 6) is -0.917. The summed E-state index contributed by atoms with van der Waals surface area (Å²) in [6, 6.07) is 7.80. The fourth-order valence-electron chi connectivity index (χ4n) is 3.18. The maximum atomic E-state index is 12.9. The van der Waals surface area contributed by atoms with Gasteiger partial charge < -0.3 is 9.84 Å². The Morgan fingerprint density at radius 3 is 2.37 bits per heavy atom. The number of rotatable bonds is 4. The molecule has 1 unspecified atom stereocenters. The lowest BCUT2D eigenvalue weighted by Gasteiger charge is -2.28. The number of phenolic OH excluding ortho intramolecular Hbond substituents is 1. The number of methoxy groups -OCH3 is 1. The summed E-state index contributed by atoms with van der Waals surface area (Å²) in [7, 11) is 1.33. The van der Waals surface area contributed by atoms with E-state index in [9.17, 15) is 23.1 Å². The number of halogens is 3. The summed E-state index contributed by atoms with van der Waals surface area (Å²) in [6.45, 7) is 5.78. The lowest BCUT2D eigenvalue weighted by molar-refractivity contribution is -0.149. The summed E-state index contributed by atoms with van der Waals surface area (Å²) >= 11 is 0. The molecule has 9 heteroatoms. The number of ether oxygens (including phenoxy) is 1. The Hall–Kier alpha value is -3.10. The first-order valence-corrected chi connectivity index (χ1v) is 9.24. The Kier molecular flexibility index (Phi) is 5.49. The van der Waals surface area contributed by atoms with Crippen LogP contribution in [0.4, 0.5) is 13.2 Å². The number of carbonyl (C=O) groups is 1. The molecule has 1 atom stereocenters. The molecule has 0 aliphatic heterocycles. The van der Waals surface area contributed by atoms with Gasteiger partial charge in [-0.1, -0.05) is 26.8 Å². The number of phenols is 1. The highest BCUT2D eigenvalue weighted by Crippen LogP contribution is 2.33. The van der Waals surface area contributed by atoms with Gasteiger partial charge >= 0.3 is 12.1 Å². The fraction of sp³-hybridized carbons (Fsp3) is 0.381. The molecule has 1 aromatic heterocycles. The van der Waals surface area contributed by atoms with Gasteiger partial charge in [0.15, 0.2) is 0 Å². The van der Waals surface area contributed by atoms with Crippen LogP contribution in [0.25, 0.3) is 16.7 Å². The van der Waals surface area contributed by atoms with Gasteiger partial charge in [0, 0.05) is 0 Å². The second kappa shape index (κ2) is 7.62. The average molecular weight is 421 g/mol. The first-order valence-electron chi connectivity index (χ1n) is 9.24. The first-order chi connectivity index (χ1) is 13.9. The van der Waals surface area contributed by atoms with Crippen molar-refractivity contribution in [3.63, 3.8) is 0 Å². The Labute approximate surface area is 171 Å². The largest absolute Gasteiger partial charge is 0.506 e. The molecule has 3 rings (SSSR count). The molecule has 0 fully saturated rings. The molecule has 0 aliphatic carbocycles. The molecule has 2 aromatic carbocycles. The molecule has 160 valence electrons. The molecule has 30 heavy (non-hydrogen) atoms. The number of aromatic nitrogens is 3. The van der Waals surface area contributed by atoms with Gasteiger partial charge in [-0.25, -0.2) is 0 Å². The molecule has 3 aromatic rings. The predicted molar refractivity (Wildman–Crippen MR) is 104 cm³/mol. The number of esters is 1. The van der Waals surface area contributed by atoms with Crippen LogP contribution >= 0.6 is 0 Å². The average Bonchev–Trinajstić information content (AvgIpc) is 3.08. The van der Waals surface area contributed by atoms with Crippen LogP contribution in [0, 0.1) is 11.3 Å². The molecular weight excluding hydrogens is 399 g/mol. The van der Waals surface area contributed by atoms with E-state index in [1.54, 1.807) is 12.1 Å². The molecule has 0 spiro atoms. The van der Waals surface area contributed by atoms with Gasteiger partial charge in [-0.3, -0.25) is 4.79 Å². The van der Waals surface area contributed by atoms with Gasteiger partial charge in [0.25, 0.3) is 0 Å². The molecule has 1 N–H and O–H groups in total. The van der Waals surface area contributed by atoms with Crippen molar-refractivity contribution in [3.05, 3.63) is 47.5 Å². The number of fused-ring (bicyclic) bond motifs is 1. The van der Waals surface area contributed by atoms with E-state index in [1.807, 2.05) is 20.8 Å². The monoisotopic (exact) mass is 421 g/mol. The lowest BCUT2D eigenvalue weighted by Crippen LogP contribution is -2.31. The molecule has 0 saturated carbocycles. The highest BCUT2D eigenvalue weighted by molar-refractivity contribution is 5.75. The number of nitrogens with zero attached hydrogens (tertiary/aromatic N) is 3. The zero-order valence-corrected chi connectivity index (χ0v) is 17.0. The second-order valence-electron chi connectivity index (χ2n) is 8.16. The van der Waals surface area contributed by atoms with Crippen LogP contribution in [-0.4, -0.2) is 33.2 Å². The third kappa shape index (κ3) is 4.39. The van der Waals surface area contributed by atoms with Gasteiger partial charge in [0.2, 0.25) is 0 Å². The van der Waals surface area contributed by atoms with Gasteiger partial charge in [0.1, 0.15) is 22.5 Å². The zero-order valence-electron chi connectivity index (χ0n) is 17.0. The summed E-state index contributed by atoms with van der Waals surface area (Å²) in [6.07, 6.45) is -4.14. The molecule has 0 amide bonds. The van der Waals surface area contributed by atoms with Gasteiger partial charge in [0.05, 0.1) is 18.6 Å². The number of hydrogen-bond donors (Lipinski definition) is 1. The SMILES string of the molecule is COC(=O)C(Cc1ccc(O)c(-n2nc3ccc(C(F)(F)F)cc3n2)c1)C(C)(C)C. The zero-order chi connectivity index (χ0) is 22.3. The Morgan fingerprint density at radius 2 is 1.77 bits per heavy atom. The minimum absolute atomic E-state index is 0.0526. The highest BCUT2D eigenvalue weighted by Gasteiger charge is 2.33. The van der Waals surface area contributed by atoms with Gasteiger partial charge in [-0.05, 0) is 47.7 Å². The van der Waals surface area contributed by atoms with Gasteiger partial charge in [-0.15, -0.1) is 15.0 Å². The van der Waals surface area contributed by atoms with Crippen molar-refractivity contribution in [2.75, 3.05) is 7.11 Å². The van der Waals surface area contributed by atoms with E-state index in [2.05, 4.69) is 10.2 Å². The first kappa shape index (κ1) is 21.6. The van der Waals surface area contributed by atoms with Crippen LogP contribution in [-0.2, 0) is 22.1 Å². The van der Waals surface area contributed by atoms with Crippen molar-refractivity contribution in [2.24, 2.45) is 11.3 Å². The Bertz CT molecular complexity index is 1080. The van der Waals surface area contributed by atoms with Crippen LogP contribution in [0.15, 0.2) is 36.4 Å². The molecule has 1 heterocycles. The number of benzene rings is 2. The van der Waals surface area contributed by atoms with Gasteiger partial charge in [-0.2, -0.15) is 13.2 Å². The summed E-state index contributed by atoms with van der Waals surface area (Å²) in [5, 5.41) is 18.5. The molecule has 0 saturated heterocycles. The van der Waals surface area contributed by atoms with E-state index in [0.717, 1.165) is 22.5 Å². The normalized spacial score (nSPS) is 13.4. The fourth-order valence-corrected chi connectivity index (χ4v) is 3.18. The topological polar surface area (TPSA) is 77.2 Å². The summed E-state index contributed by atoms with van der Waals surface area (Å²) in [5.41, 5.74) is 0.0515. The summed E-state index contributed by atoms with van der Waals surface area (Å²) < 4.78 is 43.7. The van der Waals surface area contributed by atoms with Crippen molar-refractivity contribution in [1.29, 1.82) is 0 Å². The van der Waals surface area contributed by atoms with Crippen molar-refractivity contribution < 1.29 is 27.8 Å². The Morgan fingerprint density at radius 1 is 1.10 bits per heavy atom. The Balaban J connectivity index is 2.00. The maximum absolute atomic E-state index is 12.9. The van der Waals surface area contributed by atoms with Crippen LogP contribution in [0.1, 0.15) is 31.9 Å². The quantitative estimate of drug-likeness (QED) is 0.627. The van der Waals surface area contributed by atoms with Crippen LogP contribution in [0.2, 0.25) is 0 Å². The standard InChI is InChI=1S/C21H22F3N3O3/c1-20(2,3)14(19(29)30-4)9-12-5-8-18(28)17(10-12)27-25-15-7-6-13(21(22,23)24)11-16(15)26-27/h5-8,10-11,14,28H,9H2,1-4H3. The van der Waals surface area contributed by atoms with Crippen LogP contribution < -0.4 is 0 Å². The van der Waals surface area contributed by atoms with Crippen molar-refractivity contribution >= 4 is 17.0 Å². The molecule has 0 bridgehead atoms. The van der Waals surface area contributed by atoms with Crippen LogP contribution in [0.3, 0.4) is 0 Å². The van der Waals surface area contributed by atoms with Crippen LogP contribution in [0.5, 0.6) is 5.75 Å². The van der Waals surface area contributed by atoms with Crippen molar-refractivity contribution in [1.82, 2.24) is 15.0 Å². The van der Waals surface area contributed by atoms with E-state index in [1.165, 1.54) is 19.2 Å². The molecule has 0 radical (unpaired) electrons. The van der Waals surface area contributed by atoms with E-state index in [4.69, 9.17) is 4.74 Å². The molecule has 6 nitrogen and oxygen atoms in total.